The van der Waals surface area contributed by atoms with Crippen molar-refractivity contribution < 1.29 is 0 Å². The van der Waals surface area contributed by atoms with Crippen molar-refractivity contribution in [2.24, 2.45) is 0 Å². The summed E-state index contributed by atoms with van der Waals surface area (Å²) in [4.78, 5) is 0. The van der Waals surface area contributed by atoms with E-state index in [0.717, 1.165) is 11.1 Å². The largest absolute Gasteiger partial charge is 0.264 e. The van der Waals surface area contributed by atoms with E-state index in [2.05, 4.69) is 11.2 Å². The smallest absolute Gasteiger partial charge is 0.0898 e. The summed E-state index contributed by atoms with van der Waals surface area (Å²) in [6, 6.07) is 12.2. The summed E-state index contributed by atoms with van der Waals surface area (Å²) in [6.07, 6.45) is 4.22. The number of hydrogen-bond acceptors (Lipinski definition) is 2. The average molecular weight is 241 g/mol. The van der Waals surface area contributed by atoms with Crippen molar-refractivity contribution >= 4 is 0 Å². The highest BCUT2D eigenvalue weighted by Gasteiger charge is 2.13. The van der Waals surface area contributed by atoms with Gasteiger partial charge in [-0.25, -0.2) is 0 Å². The summed E-state index contributed by atoms with van der Waals surface area (Å²) >= 11 is 0. The molecule has 0 spiro atoms. The molecule has 0 saturated carbocycles. The Kier molecular flexibility index (Phi) is 5.66. The van der Waals surface area contributed by atoms with Crippen molar-refractivity contribution in [3.63, 3.8) is 0 Å². The molecule has 0 aliphatic rings. The molecule has 3 nitrogen and oxygen atoms in total. The quantitative estimate of drug-likeness (QED) is 0.821. The molecule has 18 heavy (non-hydrogen) atoms. The number of hydrogen-bond donors (Lipinski definition) is 0. The van der Waals surface area contributed by atoms with E-state index in [4.69, 9.17) is 5.26 Å². The highest BCUT2D eigenvalue weighted by atomic mass is 15.3. The highest BCUT2D eigenvalue weighted by molar-refractivity contribution is 5.21. The number of aryl methyl sites for hydroxylation is 1. The summed E-state index contributed by atoms with van der Waals surface area (Å²) in [5, 5.41) is 13.2. The summed E-state index contributed by atoms with van der Waals surface area (Å²) in [7, 11) is 0. The fourth-order valence-corrected chi connectivity index (χ4v) is 1.73. The van der Waals surface area contributed by atoms with Crippen LogP contribution >= 0.6 is 0 Å². The Morgan fingerprint density at radius 1 is 1.28 bits per heavy atom. The Hall–Kier alpha value is -2.08. The zero-order valence-electron chi connectivity index (χ0n) is 11.2. The second-order valence-electron chi connectivity index (χ2n) is 3.79. The number of aromatic nitrogens is 2. The molecule has 0 fully saturated rings. The minimum Gasteiger partial charge on any atom is -0.264 e. The topological polar surface area (TPSA) is 41.6 Å². The molecule has 2 aromatic rings. The van der Waals surface area contributed by atoms with Crippen LogP contribution < -0.4 is 0 Å². The summed E-state index contributed by atoms with van der Waals surface area (Å²) in [5.74, 6) is 0. The Bertz CT molecular complexity index is 494. The van der Waals surface area contributed by atoms with Crippen molar-refractivity contribution in [3.05, 3.63) is 53.9 Å². The van der Waals surface area contributed by atoms with Gasteiger partial charge in [-0.05, 0) is 18.1 Å². The molecule has 0 radical (unpaired) electrons. The van der Waals surface area contributed by atoms with Gasteiger partial charge in [0.2, 0.25) is 0 Å². The minimum atomic E-state index is 0.0138. The molecule has 1 aromatic carbocycles. The third-order valence-corrected chi connectivity index (χ3v) is 2.52. The third kappa shape index (κ3) is 3.46. The second-order valence-corrected chi connectivity index (χ2v) is 3.79. The molecule has 1 unspecified atom stereocenters. The van der Waals surface area contributed by atoms with Crippen molar-refractivity contribution in [3.8, 4) is 6.07 Å². The first-order valence-corrected chi connectivity index (χ1v) is 6.24. The molecular formula is C15H19N3. The normalized spacial score (nSPS) is 11.0. The van der Waals surface area contributed by atoms with Gasteiger partial charge in [0.25, 0.3) is 0 Å². The van der Waals surface area contributed by atoms with Gasteiger partial charge in [-0.15, -0.1) is 0 Å². The molecule has 1 heterocycles. The molecular weight excluding hydrogens is 222 g/mol. The lowest BCUT2D eigenvalue weighted by molar-refractivity contribution is 0.532. The molecule has 0 saturated heterocycles. The zero-order valence-corrected chi connectivity index (χ0v) is 11.2. The van der Waals surface area contributed by atoms with Crippen LogP contribution in [0.1, 0.15) is 37.4 Å². The molecule has 0 aliphatic heterocycles. The minimum absolute atomic E-state index is 0.0138. The van der Waals surface area contributed by atoms with Crippen LogP contribution in [0, 0.1) is 18.3 Å². The van der Waals surface area contributed by atoms with E-state index in [1.54, 1.807) is 0 Å². The van der Waals surface area contributed by atoms with Gasteiger partial charge in [-0.1, -0.05) is 44.2 Å². The van der Waals surface area contributed by atoms with Gasteiger partial charge in [0.15, 0.2) is 0 Å². The van der Waals surface area contributed by atoms with Gasteiger partial charge in [0.1, 0.15) is 0 Å². The number of nitrogens with zero attached hydrogens (tertiary/aromatic N) is 3. The number of rotatable bonds is 3. The standard InChI is InChI=1S/C13H13N3.C2H6/c1-11-9-15-16(10-11)13(7-8-14)12-5-3-2-4-6-12;1-2/h2-6,9-10,13H,7H2,1H3;1-2H3. The first-order chi connectivity index (χ1) is 8.81. The van der Waals surface area contributed by atoms with Gasteiger partial charge in [-0.2, -0.15) is 10.4 Å². The molecule has 0 aliphatic carbocycles. The summed E-state index contributed by atoms with van der Waals surface area (Å²) < 4.78 is 1.86. The van der Waals surface area contributed by atoms with Crippen LogP contribution in [-0.2, 0) is 0 Å². The maximum Gasteiger partial charge on any atom is 0.0898 e. The van der Waals surface area contributed by atoms with E-state index >= 15 is 0 Å². The van der Waals surface area contributed by atoms with E-state index in [1.165, 1.54) is 0 Å². The van der Waals surface area contributed by atoms with Crippen molar-refractivity contribution in [1.82, 2.24) is 9.78 Å². The van der Waals surface area contributed by atoms with E-state index in [9.17, 15) is 0 Å². The fourth-order valence-electron chi connectivity index (χ4n) is 1.73. The lowest BCUT2D eigenvalue weighted by atomic mass is 10.0. The second kappa shape index (κ2) is 7.29. The summed E-state index contributed by atoms with van der Waals surface area (Å²) in [5.41, 5.74) is 2.23. The predicted molar refractivity (Wildman–Crippen MR) is 73.1 cm³/mol. The Morgan fingerprint density at radius 2 is 1.94 bits per heavy atom. The maximum absolute atomic E-state index is 8.88. The molecule has 2 rings (SSSR count). The number of nitriles is 1. The molecule has 1 aromatic heterocycles. The average Bonchev–Trinajstić information content (AvgIpc) is 2.86. The van der Waals surface area contributed by atoms with Gasteiger partial charge in [0, 0.05) is 6.20 Å². The molecule has 3 heteroatoms. The zero-order chi connectivity index (χ0) is 13.4. The highest BCUT2D eigenvalue weighted by Crippen LogP contribution is 2.20. The summed E-state index contributed by atoms with van der Waals surface area (Å²) in [6.45, 7) is 6.00. The van der Waals surface area contributed by atoms with Gasteiger partial charge >= 0.3 is 0 Å². The maximum atomic E-state index is 8.88. The van der Waals surface area contributed by atoms with E-state index < -0.39 is 0 Å². The number of benzene rings is 1. The monoisotopic (exact) mass is 241 g/mol. The van der Waals surface area contributed by atoms with Crippen molar-refractivity contribution in [1.29, 1.82) is 5.26 Å². The third-order valence-electron chi connectivity index (χ3n) is 2.52. The van der Waals surface area contributed by atoms with Crippen LogP contribution in [0.2, 0.25) is 0 Å². The van der Waals surface area contributed by atoms with Crippen molar-refractivity contribution in [2.45, 2.75) is 33.2 Å². The van der Waals surface area contributed by atoms with Gasteiger partial charge < -0.3 is 0 Å². The van der Waals surface area contributed by atoms with Crippen LogP contribution in [0.25, 0.3) is 0 Å². The first kappa shape index (κ1) is 14.0. The first-order valence-electron chi connectivity index (χ1n) is 6.24. The van der Waals surface area contributed by atoms with Crippen LogP contribution in [-0.4, -0.2) is 9.78 Å². The van der Waals surface area contributed by atoms with E-state index in [0.29, 0.717) is 6.42 Å². The van der Waals surface area contributed by atoms with Crippen LogP contribution in [0.15, 0.2) is 42.7 Å². The van der Waals surface area contributed by atoms with Crippen molar-refractivity contribution in [2.75, 3.05) is 0 Å². The fraction of sp³-hybridized carbons (Fsp3) is 0.333. The predicted octanol–water partition coefficient (Wildman–Crippen LogP) is 3.72. The molecule has 0 N–H and O–H groups in total. The Labute approximate surface area is 109 Å². The molecule has 1 atom stereocenters. The van der Waals surface area contributed by atoms with Crippen LogP contribution in [0.5, 0.6) is 0 Å². The van der Waals surface area contributed by atoms with E-state index in [1.807, 2.05) is 68.2 Å². The molecule has 0 amide bonds. The van der Waals surface area contributed by atoms with Crippen LogP contribution in [0.4, 0.5) is 0 Å². The van der Waals surface area contributed by atoms with Crippen LogP contribution in [0.3, 0.4) is 0 Å². The van der Waals surface area contributed by atoms with E-state index in [-0.39, 0.29) is 6.04 Å². The van der Waals surface area contributed by atoms with Gasteiger partial charge in [-0.3, -0.25) is 4.68 Å². The Morgan fingerprint density at radius 3 is 2.44 bits per heavy atom. The SMILES string of the molecule is CC.Cc1cnn(C(CC#N)c2ccccc2)c1. The Balaban J connectivity index is 0.000000771. The molecule has 0 bridgehead atoms. The van der Waals surface area contributed by atoms with Gasteiger partial charge in [0.05, 0.1) is 24.7 Å². The molecule has 94 valence electrons. The lowest BCUT2D eigenvalue weighted by Gasteiger charge is -2.14. The lowest BCUT2D eigenvalue weighted by Crippen LogP contribution is -2.10.